The zero-order valence-electron chi connectivity index (χ0n) is 12.1. The molecule has 1 heterocycles. The van der Waals surface area contributed by atoms with Crippen molar-refractivity contribution in [2.75, 3.05) is 0 Å². The molecule has 1 aromatic rings. The number of nitrogens with zero attached hydrogens (tertiary/aromatic N) is 2. The van der Waals surface area contributed by atoms with E-state index >= 15 is 0 Å². The monoisotopic (exact) mass is 250 g/mol. The first-order valence-electron chi connectivity index (χ1n) is 7.28. The maximum Gasteiger partial charge on any atom is 0.0823 e. The predicted molar refractivity (Wildman–Crippen MR) is 73.6 cm³/mol. The fourth-order valence-corrected chi connectivity index (χ4v) is 3.34. The Morgan fingerprint density at radius 1 is 1.39 bits per heavy atom. The van der Waals surface area contributed by atoms with Crippen molar-refractivity contribution in [2.45, 2.75) is 71.9 Å². The number of aromatic nitrogens is 2. The highest BCUT2D eigenvalue weighted by atomic mass is 16.3. The first-order chi connectivity index (χ1) is 8.54. The second kappa shape index (κ2) is 5.43. The lowest BCUT2D eigenvalue weighted by Crippen LogP contribution is -2.19. The molecule has 0 radical (unpaired) electrons. The van der Waals surface area contributed by atoms with E-state index in [9.17, 15) is 5.11 Å². The van der Waals surface area contributed by atoms with Crippen LogP contribution in [0.3, 0.4) is 0 Å². The van der Waals surface area contributed by atoms with Gasteiger partial charge in [-0.3, -0.25) is 4.68 Å². The fourth-order valence-electron chi connectivity index (χ4n) is 3.34. The summed E-state index contributed by atoms with van der Waals surface area (Å²) in [6.45, 7) is 8.47. The summed E-state index contributed by atoms with van der Waals surface area (Å²) in [5.74, 6) is 0.798. The van der Waals surface area contributed by atoms with E-state index in [-0.39, 0.29) is 6.10 Å². The van der Waals surface area contributed by atoms with Gasteiger partial charge in [-0.15, -0.1) is 0 Å². The lowest BCUT2D eigenvalue weighted by molar-refractivity contribution is 0.171. The molecule has 0 aromatic carbocycles. The van der Waals surface area contributed by atoms with Gasteiger partial charge < -0.3 is 5.11 Å². The molecule has 102 valence electrons. The lowest BCUT2D eigenvalue weighted by Gasteiger charge is -2.28. The molecular formula is C15H26N2O. The Morgan fingerprint density at radius 3 is 2.72 bits per heavy atom. The molecule has 0 amide bonds. The largest absolute Gasteiger partial charge is 0.388 e. The molecule has 1 fully saturated rings. The van der Waals surface area contributed by atoms with Gasteiger partial charge in [0.1, 0.15) is 0 Å². The van der Waals surface area contributed by atoms with Crippen molar-refractivity contribution < 1.29 is 5.11 Å². The Labute approximate surface area is 110 Å². The highest BCUT2D eigenvalue weighted by Gasteiger charge is 2.25. The van der Waals surface area contributed by atoms with Gasteiger partial charge in [0.05, 0.1) is 17.8 Å². The van der Waals surface area contributed by atoms with Crippen LogP contribution in [0.25, 0.3) is 0 Å². The highest BCUT2D eigenvalue weighted by Crippen LogP contribution is 2.35. The number of hydrogen-bond donors (Lipinski definition) is 1. The maximum atomic E-state index is 10.1. The molecule has 3 atom stereocenters. The minimum Gasteiger partial charge on any atom is -0.388 e. The van der Waals surface area contributed by atoms with Crippen molar-refractivity contribution in [3.8, 4) is 0 Å². The van der Waals surface area contributed by atoms with Gasteiger partial charge >= 0.3 is 0 Å². The van der Waals surface area contributed by atoms with Gasteiger partial charge in [0.25, 0.3) is 0 Å². The number of rotatable bonds is 3. The maximum absolute atomic E-state index is 10.1. The number of aliphatic hydroxyl groups is 1. The summed E-state index contributed by atoms with van der Waals surface area (Å²) in [6, 6.07) is 0.533. The average Bonchev–Trinajstić information content (AvgIpc) is 2.64. The summed E-state index contributed by atoms with van der Waals surface area (Å²) in [4.78, 5) is 0. The normalized spacial score (nSPS) is 26.3. The molecule has 18 heavy (non-hydrogen) atoms. The summed E-state index contributed by atoms with van der Waals surface area (Å²) in [5.41, 5.74) is 3.22. The number of aliphatic hydroxyl groups excluding tert-OH is 1. The zero-order chi connectivity index (χ0) is 13.3. The molecule has 2 rings (SSSR count). The van der Waals surface area contributed by atoms with Crippen LogP contribution in [-0.4, -0.2) is 14.9 Å². The minimum atomic E-state index is -0.361. The third-order valence-electron chi connectivity index (χ3n) is 4.36. The summed E-state index contributed by atoms with van der Waals surface area (Å²) in [5, 5.41) is 14.8. The van der Waals surface area contributed by atoms with Crippen molar-refractivity contribution in [3.05, 3.63) is 17.0 Å². The van der Waals surface area contributed by atoms with Crippen LogP contribution in [-0.2, 0) is 0 Å². The van der Waals surface area contributed by atoms with E-state index in [1.807, 2.05) is 13.8 Å². The van der Waals surface area contributed by atoms with Crippen LogP contribution in [0.2, 0.25) is 0 Å². The van der Waals surface area contributed by atoms with E-state index in [0.717, 1.165) is 23.6 Å². The van der Waals surface area contributed by atoms with Crippen molar-refractivity contribution in [2.24, 2.45) is 5.92 Å². The quantitative estimate of drug-likeness (QED) is 0.888. The third-order valence-corrected chi connectivity index (χ3v) is 4.36. The van der Waals surface area contributed by atoms with Gasteiger partial charge in [0.2, 0.25) is 0 Å². The van der Waals surface area contributed by atoms with Crippen LogP contribution in [0.4, 0.5) is 0 Å². The van der Waals surface area contributed by atoms with Crippen LogP contribution in [0.15, 0.2) is 0 Å². The van der Waals surface area contributed by atoms with Gasteiger partial charge in [-0.1, -0.05) is 26.7 Å². The van der Waals surface area contributed by atoms with Crippen molar-refractivity contribution in [1.82, 2.24) is 9.78 Å². The zero-order valence-corrected chi connectivity index (χ0v) is 12.1. The van der Waals surface area contributed by atoms with Gasteiger partial charge in [-0.25, -0.2) is 0 Å². The smallest absolute Gasteiger partial charge is 0.0823 e. The number of hydrogen-bond acceptors (Lipinski definition) is 2. The molecule has 3 nitrogen and oxygen atoms in total. The average molecular weight is 250 g/mol. The van der Waals surface area contributed by atoms with Crippen LogP contribution < -0.4 is 0 Å². The number of aryl methyl sites for hydroxylation is 1. The van der Waals surface area contributed by atoms with E-state index in [4.69, 9.17) is 5.10 Å². The summed E-state index contributed by atoms with van der Waals surface area (Å²) >= 11 is 0. The molecule has 1 N–H and O–H groups in total. The van der Waals surface area contributed by atoms with Crippen molar-refractivity contribution >= 4 is 0 Å². The molecule has 0 bridgehead atoms. The molecule has 0 aliphatic heterocycles. The van der Waals surface area contributed by atoms with Gasteiger partial charge in [-0.05, 0) is 39.0 Å². The SMILES string of the molecule is CCC(O)c1c(C)nn(C2CCCC(C)C2)c1C. The van der Waals surface area contributed by atoms with E-state index in [2.05, 4.69) is 18.5 Å². The van der Waals surface area contributed by atoms with E-state index < -0.39 is 0 Å². The van der Waals surface area contributed by atoms with Crippen molar-refractivity contribution in [1.29, 1.82) is 0 Å². The van der Waals surface area contributed by atoms with E-state index in [1.165, 1.54) is 31.4 Å². The van der Waals surface area contributed by atoms with Gasteiger partial charge in [0.15, 0.2) is 0 Å². The Kier molecular flexibility index (Phi) is 4.10. The Balaban J connectivity index is 2.29. The van der Waals surface area contributed by atoms with Crippen LogP contribution in [0.1, 0.15) is 75.0 Å². The van der Waals surface area contributed by atoms with Gasteiger partial charge in [-0.2, -0.15) is 5.10 Å². The van der Waals surface area contributed by atoms with Crippen LogP contribution in [0.5, 0.6) is 0 Å². The summed E-state index contributed by atoms with van der Waals surface area (Å²) in [6.07, 6.45) is 5.50. The molecule has 1 aliphatic carbocycles. The molecule has 3 unspecified atom stereocenters. The van der Waals surface area contributed by atoms with Crippen LogP contribution in [0, 0.1) is 19.8 Å². The second-order valence-electron chi connectivity index (χ2n) is 5.88. The molecule has 1 saturated carbocycles. The Bertz CT molecular complexity index is 411. The van der Waals surface area contributed by atoms with Gasteiger partial charge in [0, 0.05) is 11.3 Å². The summed E-state index contributed by atoms with van der Waals surface area (Å²) in [7, 11) is 0. The standard InChI is InChI=1S/C15H26N2O/c1-5-14(18)15-11(3)16-17(12(15)4)13-8-6-7-10(2)9-13/h10,13-14,18H,5-9H2,1-4H3. The van der Waals surface area contributed by atoms with Crippen molar-refractivity contribution in [3.63, 3.8) is 0 Å². The Morgan fingerprint density at radius 2 is 2.11 bits per heavy atom. The molecule has 3 heteroatoms. The first kappa shape index (κ1) is 13.6. The molecular weight excluding hydrogens is 224 g/mol. The molecule has 1 aromatic heterocycles. The highest BCUT2D eigenvalue weighted by molar-refractivity contribution is 5.27. The third kappa shape index (κ3) is 2.46. The topological polar surface area (TPSA) is 38.1 Å². The first-order valence-corrected chi connectivity index (χ1v) is 7.28. The summed E-state index contributed by atoms with van der Waals surface area (Å²) < 4.78 is 2.18. The van der Waals surface area contributed by atoms with E-state index in [0.29, 0.717) is 6.04 Å². The lowest BCUT2D eigenvalue weighted by atomic mass is 9.87. The minimum absolute atomic E-state index is 0.361. The molecule has 0 saturated heterocycles. The molecule has 1 aliphatic rings. The Hall–Kier alpha value is -0.830. The van der Waals surface area contributed by atoms with Crippen LogP contribution >= 0.6 is 0 Å². The second-order valence-corrected chi connectivity index (χ2v) is 5.88. The predicted octanol–water partition coefficient (Wildman–Crippen LogP) is 3.69. The fraction of sp³-hybridized carbons (Fsp3) is 0.800. The molecule has 0 spiro atoms. The van der Waals surface area contributed by atoms with E-state index in [1.54, 1.807) is 0 Å².